The number of hydrogen-bond donors (Lipinski definition) is 2. The first-order chi connectivity index (χ1) is 10.1. The number of methoxy groups -OCH3 is 2. The quantitative estimate of drug-likeness (QED) is 0.675. The minimum Gasteiger partial charge on any atom is -0.397 e. The highest BCUT2D eigenvalue weighted by atomic mass is 35.5. The van der Waals surface area contributed by atoms with E-state index < -0.39 is 0 Å². The van der Waals surface area contributed by atoms with E-state index in [2.05, 4.69) is 5.32 Å². The van der Waals surface area contributed by atoms with Crippen molar-refractivity contribution in [3.63, 3.8) is 0 Å². The summed E-state index contributed by atoms with van der Waals surface area (Å²) in [5, 5.41) is 3.29. The van der Waals surface area contributed by atoms with Crippen LogP contribution >= 0.6 is 11.6 Å². The van der Waals surface area contributed by atoms with Gasteiger partial charge in [0.15, 0.2) is 0 Å². The standard InChI is InChI=1S/C14H22ClN3O3/c1-20-7-5-18(6-8-21-2)10-14(19)17-13-9-11(15)3-4-12(13)16/h3-4,9H,5-8,10,16H2,1-2H3,(H,17,19). The number of amides is 1. The number of carbonyl (C=O) groups excluding carboxylic acids is 1. The Morgan fingerprint density at radius 3 is 2.48 bits per heavy atom. The number of benzene rings is 1. The lowest BCUT2D eigenvalue weighted by molar-refractivity contribution is -0.117. The molecule has 1 aromatic carbocycles. The molecule has 0 fully saturated rings. The SMILES string of the molecule is COCCN(CCOC)CC(=O)Nc1cc(Cl)ccc1N. The highest BCUT2D eigenvalue weighted by molar-refractivity contribution is 6.31. The molecule has 21 heavy (non-hydrogen) atoms. The van der Waals surface area contributed by atoms with Gasteiger partial charge in [0.1, 0.15) is 0 Å². The van der Waals surface area contributed by atoms with Crippen LogP contribution in [0.4, 0.5) is 11.4 Å². The second-order valence-corrected chi connectivity index (χ2v) is 4.98. The molecule has 0 aliphatic carbocycles. The third-order valence-corrected chi connectivity index (χ3v) is 3.12. The fraction of sp³-hybridized carbons (Fsp3) is 0.500. The first-order valence-corrected chi connectivity index (χ1v) is 6.99. The summed E-state index contributed by atoms with van der Waals surface area (Å²) in [6.45, 7) is 2.64. The van der Waals surface area contributed by atoms with Gasteiger partial charge in [0.2, 0.25) is 5.91 Å². The largest absolute Gasteiger partial charge is 0.397 e. The van der Waals surface area contributed by atoms with E-state index in [-0.39, 0.29) is 12.5 Å². The van der Waals surface area contributed by atoms with E-state index in [0.717, 1.165) is 0 Å². The predicted octanol–water partition coefficient (Wildman–Crippen LogP) is 1.46. The van der Waals surface area contributed by atoms with Crippen molar-refractivity contribution in [3.05, 3.63) is 23.2 Å². The fourth-order valence-corrected chi connectivity index (χ4v) is 1.91. The Balaban J connectivity index is 2.57. The molecule has 6 nitrogen and oxygen atoms in total. The molecule has 7 heteroatoms. The summed E-state index contributed by atoms with van der Waals surface area (Å²) in [4.78, 5) is 14.0. The summed E-state index contributed by atoms with van der Waals surface area (Å²) >= 11 is 5.89. The van der Waals surface area contributed by atoms with Crippen molar-refractivity contribution >= 4 is 28.9 Å². The van der Waals surface area contributed by atoms with Gasteiger partial charge in [-0.1, -0.05) is 11.6 Å². The van der Waals surface area contributed by atoms with Crippen LogP contribution in [0.15, 0.2) is 18.2 Å². The minimum atomic E-state index is -0.156. The molecule has 118 valence electrons. The average Bonchev–Trinajstić information content (AvgIpc) is 2.45. The number of carbonyl (C=O) groups is 1. The third-order valence-electron chi connectivity index (χ3n) is 2.88. The van der Waals surface area contributed by atoms with Crippen LogP contribution in [0.1, 0.15) is 0 Å². The molecule has 1 rings (SSSR count). The molecule has 0 saturated heterocycles. The number of nitrogens with two attached hydrogens (primary N) is 1. The molecule has 0 radical (unpaired) electrons. The number of nitrogen functional groups attached to an aromatic ring is 1. The number of rotatable bonds is 9. The molecule has 1 aromatic rings. The van der Waals surface area contributed by atoms with E-state index in [1.165, 1.54) is 0 Å². The summed E-state index contributed by atoms with van der Waals surface area (Å²) in [6, 6.07) is 4.96. The van der Waals surface area contributed by atoms with Gasteiger partial charge in [-0.3, -0.25) is 9.69 Å². The zero-order valence-corrected chi connectivity index (χ0v) is 13.2. The molecule has 3 N–H and O–H groups in total. The van der Waals surface area contributed by atoms with Gasteiger partial charge in [0.25, 0.3) is 0 Å². The molecular weight excluding hydrogens is 294 g/mol. The summed E-state index contributed by atoms with van der Waals surface area (Å²) in [5.74, 6) is -0.156. The lowest BCUT2D eigenvalue weighted by Gasteiger charge is -2.21. The maximum Gasteiger partial charge on any atom is 0.238 e. The molecule has 0 aliphatic rings. The Kier molecular flexibility index (Phi) is 8.07. The van der Waals surface area contributed by atoms with Crippen LogP contribution in [0, 0.1) is 0 Å². The highest BCUT2D eigenvalue weighted by Crippen LogP contribution is 2.22. The van der Waals surface area contributed by atoms with E-state index >= 15 is 0 Å². The van der Waals surface area contributed by atoms with Crippen molar-refractivity contribution in [1.29, 1.82) is 0 Å². The van der Waals surface area contributed by atoms with Gasteiger partial charge in [0.05, 0.1) is 31.1 Å². The smallest absolute Gasteiger partial charge is 0.238 e. The Morgan fingerprint density at radius 2 is 1.90 bits per heavy atom. The maximum atomic E-state index is 12.1. The lowest BCUT2D eigenvalue weighted by atomic mass is 10.2. The number of nitrogens with zero attached hydrogens (tertiary/aromatic N) is 1. The van der Waals surface area contributed by atoms with Crippen LogP contribution < -0.4 is 11.1 Å². The van der Waals surface area contributed by atoms with Gasteiger partial charge in [-0.25, -0.2) is 0 Å². The molecule has 0 atom stereocenters. The summed E-state index contributed by atoms with van der Waals surface area (Å²) in [6.07, 6.45) is 0. The van der Waals surface area contributed by atoms with Crippen molar-refractivity contribution in [3.8, 4) is 0 Å². The second kappa shape index (κ2) is 9.57. The van der Waals surface area contributed by atoms with Crippen molar-refractivity contribution in [1.82, 2.24) is 4.90 Å². The Bertz CT molecular complexity index is 449. The molecule has 0 heterocycles. The van der Waals surface area contributed by atoms with Crippen LogP contribution in [0.5, 0.6) is 0 Å². The van der Waals surface area contributed by atoms with E-state index in [1.807, 2.05) is 4.90 Å². The number of nitrogens with one attached hydrogen (secondary N) is 1. The Labute approximate surface area is 130 Å². The van der Waals surface area contributed by atoms with Crippen LogP contribution in [0.3, 0.4) is 0 Å². The van der Waals surface area contributed by atoms with Gasteiger partial charge in [0, 0.05) is 32.3 Å². The number of halogens is 1. The van der Waals surface area contributed by atoms with Gasteiger partial charge in [-0.05, 0) is 18.2 Å². The number of hydrogen-bond acceptors (Lipinski definition) is 5. The van der Waals surface area contributed by atoms with E-state index in [1.54, 1.807) is 32.4 Å². The predicted molar refractivity (Wildman–Crippen MR) is 84.7 cm³/mol. The van der Waals surface area contributed by atoms with E-state index in [0.29, 0.717) is 42.7 Å². The minimum absolute atomic E-state index is 0.156. The monoisotopic (exact) mass is 315 g/mol. The third kappa shape index (κ3) is 6.77. The van der Waals surface area contributed by atoms with Crippen molar-refractivity contribution in [2.24, 2.45) is 0 Å². The van der Waals surface area contributed by atoms with Gasteiger partial charge >= 0.3 is 0 Å². The molecule has 1 amide bonds. The zero-order valence-electron chi connectivity index (χ0n) is 12.4. The number of anilines is 2. The molecular formula is C14H22ClN3O3. The summed E-state index contributed by atoms with van der Waals surface area (Å²) in [5.41, 5.74) is 6.80. The van der Waals surface area contributed by atoms with Gasteiger partial charge < -0.3 is 20.5 Å². The first kappa shape index (κ1) is 17.7. The Morgan fingerprint density at radius 1 is 1.29 bits per heavy atom. The van der Waals surface area contributed by atoms with Crippen molar-refractivity contribution < 1.29 is 14.3 Å². The molecule has 0 aliphatic heterocycles. The molecule has 0 bridgehead atoms. The normalized spacial score (nSPS) is 10.9. The molecule has 0 spiro atoms. The molecule has 0 unspecified atom stereocenters. The summed E-state index contributed by atoms with van der Waals surface area (Å²) in [7, 11) is 3.25. The van der Waals surface area contributed by atoms with E-state index in [9.17, 15) is 4.79 Å². The molecule has 0 aromatic heterocycles. The van der Waals surface area contributed by atoms with Crippen molar-refractivity contribution in [2.75, 3.05) is 58.1 Å². The van der Waals surface area contributed by atoms with Gasteiger partial charge in [-0.2, -0.15) is 0 Å². The molecule has 0 saturated carbocycles. The van der Waals surface area contributed by atoms with Gasteiger partial charge in [-0.15, -0.1) is 0 Å². The zero-order chi connectivity index (χ0) is 15.7. The van der Waals surface area contributed by atoms with Crippen molar-refractivity contribution in [2.45, 2.75) is 0 Å². The maximum absolute atomic E-state index is 12.1. The van der Waals surface area contributed by atoms with Crippen LogP contribution in [-0.2, 0) is 14.3 Å². The highest BCUT2D eigenvalue weighted by Gasteiger charge is 2.12. The Hall–Kier alpha value is -1.34. The van der Waals surface area contributed by atoms with Crippen LogP contribution in [0.2, 0.25) is 5.02 Å². The topological polar surface area (TPSA) is 76.8 Å². The van der Waals surface area contributed by atoms with Crippen LogP contribution in [-0.4, -0.2) is 57.9 Å². The second-order valence-electron chi connectivity index (χ2n) is 4.54. The van der Waals surface area contributed by atoms with Crippen LogP contribution in [0.25, 0.3) is 0 Å². The van der Waals surface area contributed by atoms with E-state index in [4.69, 9.17) is 26.8 Å². The fourth-order valence-electron chi connectivity index (χ4n) is 1.74. The number of ether oxygens (including phenoxy) is 2. The average molecular weight is 316 g/mol. The summed E-state index contributed by atoms with van der Waals surface area (Å²) < 4.78 is 10.1. The lowest BCUT2D eigenvalue weighted by Crippen LogP contribution is -2.37. The first-order valence-electron chi connectivity index (χ1n) is 6.62.